The fourth-order valence-electron chi connectivity index (χ4n) is 1.99. The number of hydrogen-bond acceptors (Lipinski definition) is 3. The van der Waals surface area contributed by atoms with Crippen LogP contribution in [0, 0.1) is 0 Å². The maximum absolute atomic E-state index is 3.66. The van der Waals surface area contributed by atoms with Gasteiger partial charge in [0.25, 0.3) is 0 Å². The van der Waals surface area contributed by atoms with E-state index in [9.17, 15) is 0 Å². The van der Waals surface area contributed by atoms with Crippen molar-refractivity contribution in [1.29, 1.82) is 0 Å². The first-order chi connectivity index (χ1) is 6.84. The summed E-state index contributed by atoms with van der Waals surface area (Å²) >= 11 is 1.85. The summed E-state index contributed by atoms with van der Waals surface area (Å²) in [6.07, 6.45) is 2.43. The second-order valence-corrected chi connectivity index (χ2v) is 5.07. The molecule has 0 amide bonds. The van der Waals surface area contributed by atoms with Gasteiger partial charge in [0.1, 0.15) is 0 Å². The van der Waals surface area contributed by atoms with E-state index >= 15 is 0 Å². The van der Waals surface area contributed by atoms with Crippen molar-refractivity contribution < 1.29 is 0 Å². The molecule has 1 aliphatic heterocycles. The van der Waals surface area contributed by atoms with Gasteiger partial charge in [0.15, 0.2) is 0 Å². The molecule has 2 rings (SSSR count). The van der Waals surface area contributed by atoms with Crippen molar-refractivity contribution in [2.75, 3.05) is 13.1 Å². The Kier molecular flexibility index (Phi) is 3.56. The molecule has 2 N–H and O–H groups in total. The highest BCUT2D eigenvalue weighted by Gasteiger charge is 2.16. The van der Waals surface area contributed by atoms with E-state index in [1.807, 2.05) is 11.3 Å². The molecule has 0 spiro atoms. The van der Waals surface area contributed by atoms with E-state index in [1.165, 1.54) is 17.8 Å². The summed E-state index contributed by atoms with van der Waals surface area (Å²) in [5.41, 5.74) is 0. The Balaban J connectivity index is 1.75. The van der Waals surface area contributed by atoms with Crippen LogP contribution in [-0.2, 0) is 6.42 Å². The van der Waals surface area contributed by atoms with Crippen molar-refractivity contribution in [2.24, 2.45) is 0 Å². The molecule has 3 heteroatoms. The second kappa shape index (κ2) is 4.91. The monoisotopic (exact) mass is 210 g/mol. The Morgan fingerprint density at radius 1 is 1.71 bits per heavy atom. The number of thiophene rings is 1. The van der Waals surface area contributed by atoms with Crippen LogP contribution in [0.2, 0.25) is 0 Å². The van der Waals surface area contributed by atoms with E-state index in [0.29, 0.717) is 12.1 Å². The average molecular weight is 210 g/mol. The summed E-state index contributed by atoms with van der Waals surface area (Å²) in [6, 6.07) is 5.63. The predicted octanol–water partition coefficient (Wildman–Crippen LogP) is 1.63. The summed E-state index contributed by atoms with van der Waals surface area (Å²) in [4.78, 5) is 1.48. The molecule has 2 unspecified atom stereocenters. The molecule has 78 valence electrons. The smallest absolute Gasteiger partial charge is 0.0207 e. The van der Waals surface area contributed by atoms with Gasteiger partial charge in [-0.05, 0) is 37.8 Å². The molecule has 14 heavy (non-hydrogen) atoms. The highest BCUT2D eigenvalue weighted by Crippen LogP contribution is 2.11. The SMILES string of the molecule is CC(Cc1cccs1)NC1CCNC1. The minimum atomic E-state index is 0.596. The van der Waals surface area contributed by atoms with Gasteiger partial charge < -0.3 is 10.6 Å². The fraction of sp³-hybridized carbons (Fsp3) is 0.636. The summed E-state index contributed by atoms with van der Waals surface area (Å²) in [7, 11) is 0. The molecule has 1 aliphatic rings. The largest absolute Gasteiger partial charge is 0.315 e. The molecule has 1 fully saturated rings. The van der Waals surface area contributed by atoms with Crippen molar-refractivity contribution in [3.63, 3.8) is 0 Å². The molecule has 1 aromatic heterocycles. The third-order valence-corrected chi connectivity index (χ3v) is 3.57. The first-order valence-electron chi connectivity index (χ1n) is 5.34. The van der Waals surface area contributed by atoms with Gasteiger partial charge in [-0.3, -0.25) is 0 Å². The Morgan fingerprint density at radius 3 is 3.29 bits per heavy atom. The van der Waals surface area contributed by atoms with Gasteiger partial charge in [0, 0.05) is 23.5 Å². The van der Waals surface area contributed by atoms with Crippen LogP contribution in [0.15, 0.2) is 17.5 Å². The van der Waals surface area contributed by atoms with Crippen LogP contribution in [-0.4, -0.2) is 25.2 Å². The lowest BCUT2D eigenvalue weighted by atomic mass is 10.1. The maximum Gasteiger partial charge on any atom is 0.0207 e. The normalized spacial score (nSPS) is 23.9. The lowest BCUT2D eigenvalue weighted by Crippen LogP contribution is -2.38. The zero-order valence-electron chi connectivity index (χ0n) is 8.62. The Morgan fingerprint density at radius 2 is 2.64 bits per heavy atom. The molecule has 0 radical (unpaired) electrons. The predicted molar refractivity (Wildman–Crippen MR) is 61.9 cm³/mol. The first kappa shape index (κ1) is 10.1. The van der Waals surface area contributed by atoms with Gasteiger partial charge in [-0.15, -0.1) is 11.3 Å². The molecular formula is C11H18N2S. The van der Waals surface area contributed by atoms with Crippen molar-refractivity contribution in [2.45, 2.75) is 31.8 Å². The zero-order chi connectivity index (χ0) is 9.80. The number of hydrogen-bond donors (Lipinski definition) is 2. The summed E-state index contributed by atoms with van der Waals surface area (Å²) in [5.74, 6) is 0. The Hall–Kier alpha value is -0.380. The van der Waals surface area contributed by atoms with Crippen molar-refractivity contribution in [3.05, 3.63) is 22.4 Å². The zero-order valence-corrected chi connectivity index (χ0v) is 9.44. The van der Waals surface area contributed by atoms with Gasteiger partial charge in [0.05, 0.1) is 0 Å². The topological polar surface area (TPSA) is 24.1 Å². The quantitative estimate of drug-likeness (QED) is 0.789. The third kappa shape index (κ3) is 2.80. The van der Waals surface area contributed by atoms with Crippen LogP contribution in [0.25, 0.3) is 0 Å². The average Bonchev–Trinajstić information content (AvgIpc) is 2.76. The molecular weight excluding hydrogens is 192 g/mol. The van der Waals surface area contributed by atoms with Crippen LogP contribution in [0.4, 0.5) is 0 Å². The van der Waals surface area contributed by atoms with Crippen molar-refractivity contribution >= 4 is 11.3 Å². The lowest BCUT2D eigenvalue weighted by Gasteiger charge is -2.17. The molecule has 2 nitrogen and oxygen atoms in total. The fourth-order valence-corrected chi connectivity index (χ4v) is 2.82. The first-order valence-corrected chi connectivity index (χ1v) is 6.21. The van der Waals surface area contributed by atoms with Gasteiger partial charge >= 0.3 is 0 Å². The minimum absolute atomic E-state index is 0.596. The minimum Gasteiger partial charge on any atom is -0.315 e. The van der Waals surface area contributed by atoms with E-state index in [1.54, 1.807) is 0 Å². The molecule has 1 aromatic rings. The van der Waals surface area contributed by atoms with Crippen molar-refractivity contribution in [1.82, 2.24) is 10.6 Å². The van der Waals surface area contributed by atoms with Gasteiger partial charge in [-0.2, -0.15) is 0 Å². The summed E-state index contributed by atoms with van der Waals surface area (Å²) < 4.78 is 0. The van der Waals surface area contributed by atoms with E-state index in [0.717, 1.165) is 13.0 Å². The number of nitrogens with one attached hydrogen (secondary N) is 2. The Labute approximate surface area is 89.7 Å². The molecule has 2 atom stereocenters. The standard InChI is InChI=1S/C11H18N2S/c1-9(7-11-3-2-6-14-11)13-10-4-5-12-8-10/h2-3,6,9-10,12-13H,4-5,7-8H2,1H3. The number of rotatable bonds is 4. The summed E-state index contributed by atoms with van der Waals surface area (Å²) in [6.45, 7) is 4.58. The molecule has 2 heterocycles. The van der Waals surface area contributed by atoms with Crippen molar-refractivity contribution in [3.8, 4) is 0 Å². The van der Waals surface area contributed by atoms with Crippen LogP contribution < -0.4 is 10.6 Å². The van der Waals surface area contributed by atoms with Crippen LogP contribution >= 0.6 is 11.3 Å². The van der Waals surface area contributed by atoms with Gasteiger partial charge in [-0.1, -0.05) is 6.07 Å². The van der Waals surface area contributed by atoms with E-state index in [-0.39, 0.29) is 0 Å². The molecule has 0 saturated carbocycles. The van der Waals surface area contributed by atoms with Gasteiger partial charge in [0.2, 0.25) is 0 Å². The maximum atomic E-state index is 3.66. The highest BCUT2D eigenvalue weighted by molar-refractivity contribution is 7.09. The Bertz CT molecular complexity index is 252. The molecule has 0 bridgehead atoms. The van der Waals surface area contributed by atoms with Gasteiger partial charge in [-0.25, -0.2) is 0 Å². The van der Waals surface area contributed by atoms with Crippen LogP contribution in [0.3, 0.4) is 0 Å². The highest BCUT2D eigenvalue weighted by atomic mass is 32.1. The van der Waals surface area contributed by atoms with Crippen LogP contribution in [0.1, 0.15) is 18.2 Å². The molecule has 1 saturated heterocycles. The van der Waals surface area contributed by atoms with E-state index in [2.05, 4.69) is 35.1 Å². The van der Waals surface area contributed by atoms with E-state index < -0.39 is 0 Å². The summed E-state index contributed by atoms with van der Waals surface area (Å²) in [5, 5.41) is 9.19. The third-order valence-electron chi connectivity index (χ3n) is 2.67. The van der Waals surface area contributed by atoms with Crippen LogP contribution in [0.5, 0.6) is 0 Å². The van der Waals surface area contributed by atoms with E-state index in [4.69, 9.17) is 0 Å². The second-order valence-electron chi connectivity index (χ2n) is 4.04. The molecule has 0 aliphatic carbocycles. The molecule has 0 aromatic carbocycles. The lowest BCUT2D eigenvalue weighted by molar-refractivity contribution is 0.465.